The molecule has 0 unspecified atom stereocenters. The summed E-state index contributed by atoms with van der Waals surface area (Å²) in [6.07, 6.45) is 1.72. The zero-order valence-electron chi connectivity index (χ0n) is 13.5. The van der Waals surface area contributed by atoms with Gasteiger partial charge in [-0.1, -0.05) is 6.07 Å². The number of carbonyl (C=O) groups excluding carboxylic acids is 1. The van der Waals surface area contributed by atoms with Gasteiger partial charge in [0.15, 0.2) is 0 Å². The Hall–Kier alpha value is -1.12. The molecule has 1 amide bonds. The van der Waals surface area contributed by atoms with E-state index in [2.05, 4.69) is 33.6 Å². The molecule has 1 saturated heterocycles. The molecule has 0 radical (unpaired) electrons. The van der Waals surface area contributed by atoms with E-state index in [0.717, 1.165) is 25.5 Å². The van der Waals surface area contributed by atoms with Crippen molar-refractivity contribution in [3.05, 3.63) is 34.7 Å². The average Bonchev–Trinajstić information content (AvgIpc) is 3.15. The lowest BCUT2D eigenvalue weighted by Crippen LogP contribution is -2.52. The van der Waals surface area contributed by atoms with Crippen molar-refractivity contribution in [2.24, 2.45) is 0 Å². The van der Waals surface area contributed by atoms with E-state index < -0.39 is 0 Å². The third kappa shape index (κ3) is 5.46. The van der Waals surface area contributed by atoms with Gasteiger partial charge >= 0.3 is 0 Å². The first-order chi connectivity index (χ1) is 10.7. The van der Waals surface area contributed by atoms with Gasteiger partial charge in [0.05, 0.1) is 19.3 Å². The quantitative estimate of drug-likeness (QED) is 0.818. The summed E-state index contributed by atoms with van der Waals surface area (Å²) in [5.41, 5.74) is 0. The van der Waals surface area contributed by atoms with Crippen LogP contribution in [-0.2, 0) is 11.3 Å². The van der Waals surface area contributed by atoms with E-state index in [9.17, 15) is 4.79 Å². The summed E-state index contributed by atoms with van der Waals surface area (Å²) in [5, 5.41) is 12.6. The van der Waals surface area contributed by atoms with Crippen molar-refractivity contribution in [3.8, 4) is 0 Å². The number of nitrogens with zero attached hydrogens (tertiary/aromatic N) is 3. The highest BCUT2D eigenvalue weighted by Gasteiger charge is 2.20. The van der Waals surface area contributed by atoms with Crippen LogP contribution in [0.5, 0.6) is 0 Å². The summed E-state index contributed by atoms with van der Waals surface area (Å²) in [5.74, 6) is 0.767. The maximum absolute atomic E-state index is 12.3. The Morgan fingerprint density at radius 1 is 1.46 bits per heavy atom. The molecule has 2 aromatic rings. The summed E-state index contributed by atoms with van der Waals surface area (Å²) in [6, 6.07) is 6.32. The molecule has 0 saturated carbocycles. The van der Waals surface area contributed by atoms with Crippen molar-refractivity contribution < 1.29 is 4.79 Å². The third-order valence-electron chi connectivity index (χ3n) is 3.86. The Morgan fingerprint density at radius 2 is 2.29 bits per heavy atom. The lowest BCUT2D eigenvalue weighted by atomic mass is 10.2. The number of rotatable bonds is 5. The zero-order chi connectivity index (χ0) is 15.4. The van der Waals surface area contributed by atoms with Gasteiger partial charge in [0, 0.05) is 36.6 Å². The lowest BCUT2D eigenvalue weighted by Gasteiger charge is -2.33. The van der Waals surface area contributed by atoms with Crippen LogP contribution in [0.15, 0.2) is 29.8 Å². The summed E-state index contributed by atoms with van der Waals surface area (Å²) < 4.78 is 1.82. The van der Waals surface area contributed by atoms with Gasteiger partial charge in [-0.2, -0.15) is 5.10 Å². The molecule has 3 heterocycles. The molecule has 6 nitrogen and oxygen atoms in total. The van der Waals surface area contributed by atoms with E-state index in [1.165, 1.54) is 4.88 Å². The SMILES string of the molecule is C[C@H]1CNCCN1CC(=O)Nc1ccnn1Cc1cccs1.Cl.Cl. The molecule has 2 N–H and O–H groups in total. The molecule has 3 rings (SSSR count). The minimum Gasteiger partial charge on any atom is -0.314 e. The van der Waals surface area contributed by atoms with Crippen LogP contribution in [0.25, 0.3) is 0 Å². The summed E-state index contributed by atoms with van der Waals surface area (Å²) in [7, 11) is 0. The van der Waals surface area contributed by atoms with Gasteiger partial charge in [0.2, 0.25) is 5.91 Å². The standard InChI is InChI=1S/C15H21N5OS.2ClH/c1-12-9-16-6-7-19(12)11-15(21)18-14-4-5-17-20(14)10-13-3-2-8-22-13;;/h2-5,8,12,16H,6-7,9-11H2,1H3,(H,18,21);2*1H/t12-;;/m0../s1. The molecule has 0 aliphatic carbocycles. The number of aromatic nitrogens is 2. The Balaban J connectivity index is 0.00000144. The monoisotopic (exact) mass is 391 g/mol. The molecule has 1 atom stereocenters. The van der Waals surface area contributed by atoms with E-state index >= 15 is 0 Å². The molecule has 1 fully saturated rings. The minimum atomic E-state index is 0. The highest BCUT2D eigenvalue weighted by molar-refractivity contribution is 7.09. The largest absolute Gasteiger partial charge is 0.314 e. The van der Waals surface area contributed by atoms with Gasteiger partial charge in [-0.25, -0.2) is 4.68 Å². The van der Waals surface area contributed by atoms with Crippen molar-refractivity contribution >= 4 is 47.9 Å². The first-order valence-corrected chi connectivity index (χ1v) is 8.39. The average molecular weight is 392 g/mol. The van der Waals surface area contributed by atoms with Gasteiger partial charge in [0.25, 0.3) is 0 Å². The number of hydrogen-bond donors (Lipinski definition) is 2. The van der Waals surface area contributed by atoms with Crippen LogP contribution in [0.2, 0.25) is 0 Å². The summed E-state index contributed by atoms with van der Waals surface area (Å²) in [4.78, 5) is 15.7. The fourth-order valence-electron chi connectivity index (χ4n) is 2.60. The highest BCUT2D eigenvalue weighted by atomic mass is 35.5. The molecule has 24 heavy (non-hydrogen) atoms. The van der Waals surface area contributed by atoms with Gasteiger partial charge in [0.1, 0.15) is 5.82 Å². The Bertz CT molecular complexity index is 619. The minimum absolute atomic E-state index is 0. The molecular formula is C15H23Cl2N5OS. The second kappa shape index (κ2) is 10.0. The Morgan fingerprint density at radius 3 is 3.00 bits per heavy atom. The van der Waals surface area contributed by atoms with E-state index in [1.807, 2.05) is 22.2 Å². The molecule has 0 bridgehead atoms. The maximum Gasteiger partial charge on any atom is 0.239 e. The number of nitrogens with one attached hydrogen (secondary N) is 2. The summed E-state index contributed by atoms with van der Waals surface area (Å²) in [6.45, 7) is 6.03. The summed E-state index contributed by atoms with van der Waals surface area (Å²) >= 11 is 1.69. The fourth-order valence-corrected chi connectivity index (χ4v) is 3.29. The van der Waals surface area contributed by atoms with Crippen LogP contribution < -0.4 is 10.6 Å². The van der Waals surface area contributed by atoms with Crippen molar-refractivity contribution in [1.29, 1.82) is 0 Å². The number of thiophene rings is 1. The smallest absolute Gasteiger partial charge is 0.239 e. The van der Waals surface area contributed by atoms with E-state index in [1.54, 1.807) is 17.5 Å². The number of hydrogen-bond acceptors (Lipinski definition) is 5. The van der Waals surface area contributed by atoms with E-state index in [-0.39, 0.29) is 30.7 Å². The Labute approximate surface area is 158 Å². The highest BCUT2D eigenvalue weighted by Crippen LogP contribution is 2.14. The van der Waals surface area contributed by atoms with Crippen molar-refractivity contribution in [2.45, 2.75) is 19.5 Å². The molecule has 134 valence electrons. The number of halogens is 2. The van der Waals surface area contributed by atoms with Crippen molar-refractivity contribution in [2.75, 3.05) is 31.5 Å². The lowest BCUT2D eigenvalue weighted by molar-refractivity contribution is -0.118. The topological polar surface area (TPSA) is 62.2 Å². The van der Waals surface area contributed by atoms with Gasteiger partial charge in [-0.05, 0) is 18.4 Å². The third-order valence-corrected chi connectivity index (χ3v) is 4.72. The fraction of sp³-hybridized carbons (Fsp3) is 0.467. The van der Waals surface area contributed by atoms with Crippen LogP contribution in [0.3, 0.4) is 0 Å². The normalized spacial score (nSPS) is 17.6. The van der Waals surface area contributed by atoms with Crippen LogP contribution in [0, 0.1) is 0 Å². The first kappa shape index (κ1) is 20.9. The predicted octanol–water partition coefficient (Wildman–Crippen LogP) is 2.07. The molecule has 1 aliphatic heterocycles. The van der Waals surface area contributed by atoms with Gasteiger partial charge in [-0.15, -0.1) is 36.2 Å². The zero-order valence-corrected chi connectivity index (χ0v) is 15.9. The van der Waals surface area contributed by atoms with Crippen LogP contribution >= 0.6 is 36.2 Å². The molecule has 9 heteroatoms. The molecule has 0 spiro atoms. The number of amides is 1. The van der Waals surface area contributed by atoms with Crippen LogP contribution in [-0.4, -0.2) is 52.8 Å². The van der Waals surface area contributed by atoms with E-state index in [0.29, 0.717) is 19.1 Å². The Kier molecular flexibility index (Phi) is 8.72. The first-order valence-electron chi connectivity index (χ1n) is 7.51. The second-order valence-corrected chi connectivity index (χ2v) is 6.56. The number of anilines is 1. The van der Waals surface area contributed by atoms with Crippen LogP contribution in [0.4, 0.5) is 5.82 Å². The van der Waals surface area contributed by atoms with Crippen LogP contribution in [0.1, 0.15) is 11.8 Å². The molecule has 1 aliphatic rings. The van der Waals surface area contributed by atoms with Crippen molar-refractivity contribution in [3.63, 3.8) is 0 Å². The molecule has 2 aromatic heterocycles. The molecular weight excluding hydrogens is 369 g/mol. The maximum atomic E-state index is 12.3. The van der Waals surface area contributed by atoms with Crippen molar-refractivity contribution in [1.82, 2.24) is 20.0 Å². The second-order valence-electron chi connectivity index (χ2n) is 5.53. The van der Waals surface area contributed by atoms with Gasteiger partial charge < -0.3 is 10.6 Å². The number of piperazine rings is 1. The molecule has 0 aromatic carbocycles. The number of carbonyl (C=O) groups is 1. The van der Waals surface area contributed by atoms with E-state index in [4.69, 9.17) is 0 Å². The predicted molar refractivity (Wildman–Crippen MR) is 103 cm³/mol. The van der Waals surface area contributed by atoms with Gasteiger partial charge in [-0.3, -0.25) is 9.69 Å².